The average Bonchev–Trinajstić information content (AvgIpc) is 2.57. The van der Waals surface area contributed by atoms with E-state index in [2.05, 4.69) is 21.2 Å². The van der Waals surface area contributed by atoms with E-state index in [1.54, 1.807) is 11.3 Å². The molecule has 1 heterocycles. The van der Waals surface area contributed by atoms with Gasteiger partial charge in [0, 0.05) is 18.0 Å². The lowest BCUT2D eigenvalue weighted by molar-refractivity contribution is 0.0187. The van der Waals surface area contributed by atoms with E-state index in [4.69, 9.17) is 4.74 Å². The number of hydrogen-bond donors (Lipinski definition) is 1. The van der Waals surface area contributed by atoms with Gasteiger partial charge in [0.1, 0.15) is 6.61 Å². The second kappa shape index (κ2) is 7.27. The molecule has 0 bridgehead atoms. The SMILES string of the molecule is FC(F)COCCNCc1ccc(Br)s1. The van der Waals surface area contributed by atoms with Crippen LogP contribution in [0, 0.1) is 0 Å². The van der Waals surface area contributed by atoms with Gasteiger partial charge in [0.05, 0.1) is 10.4 Å². The molecular formula is C9H12BrF2NOS. The number of nitrogens with one attached hydrogen (secondary N) is 1. The van der Waals surface area contributed by atoms with Crippen LogP contribution in [-0.2, 0) is 11.3 Å². The van der Waals surface area contributed by atoms with Gasteiger partial charge >= 0.3 is 0 Å². The van der Waals surface area contributed by atoms with E-state index >= 15 is 0 Å². The molecule has 86 valence electrons. The van der Waals surface area contributed by atoms with E-state index in [-0.39, 0.29) is 0 Å². The second-order valence-corrected chi connectivity index (χ2v) is 5.40. The fourth-order valence-electron chi connectivity index (χ4n) is 0.975. The molecule has 0 aliphatic heterocycles. The van der Waals surface area contributed by atoms with Crippen molar-refractivity contribution >= 4 is 27.3 Å². The Bertz CT molecular complexity index is 283. The van der Waals surface area contributed by atoms with E-state index in [1.165, 1.54) is 4.88 Å². The lowest BCUT2D eigenvalue weighted by atomic mass is 10.4. The van der Waals surface area contributed by atoms with Crippen molar-refractivity contribution in [2.24, 2.45) is 0 Å². The minimum atomic E-state index is -2.38. The normalized spacial score (nSPS) is 11.2. The third-order valence-electron chi connectivity index (χ3n) is 1.60. The van der Waals surface area contributed by atoms with Crippen molar-refractivity contribution in [2.75, 3.05) is 19.8 Å². The van der Waals surface area contributed by atoms with Crippen LogP contribution in [0.4, 0.5) is 8.78 Å². The van der Waals surface area contributed by atoms with Gasteiger partial charge in [-0.05, 0) is 28.1 Å². The van der Waals surface area contributed by atoms with Crippen molar-refractivity contribution < 1.29 is 13.5 Å². The zero-order valence-corrected chi connectivity index (χ0v) is 10.4. The minimum Gasteiger partial charge on any atom is -0.374 e. The standard InChI is InChI=1S/C9H12BrF2NOS/c10-8-2-1-7(15-8)5-13-3-4-14-6-9(11)12/h1-2,9,13H,3-6H2. The molecule has 0 aromatic carbocycles. The average molecular weight is 300 g/mol. The highest BCUT2D eigenvalue weighted by Crippen LogP contribution is 2.21. The molecule has 0 unspecified atom stereocenters. The Kier molecular flexibility index (Phi) is 6.31. The first-order chi connectivity index (χ1) is 7.18. The van der Waals surface area contributed by atoms with Crippen molar-refractivity contribution in [3.8, 4) is 0 Å². The largest absolute Gasteiger partial charge is 0.374 e. The van der Waals surface area contributed by atoms with Crippen LogP contribution in [0.1, 0.15) is 4.88 Å². The molecule has 0 atom stereocenters. The zero-order valence-electron chi connectivity index (χ0n) is 8.01. The maximum atomic E-state index is 11.7. The van der Waals surface area contributed by atoms with Crippen LogP contribution >= 0.6 is 27.3 Å². The summed E-state index contributed by atoms with van der Waals surface area (Å²) in [7, 11) is 0. The molecule has 0 aliphatic carbocycles. The number of halogens is 3. The molecule has 2 nitrogen and oxygen atoms in total. The summed E-state index contributed by atoms with van der Waals surface area (Å²) in [5.41, 5.74) is 0. The fraction of sp³-hybridized carbons (Fsp3) is 0.556. The van der Waals surface area contributed by atoms with Crippen molar-refractivity contribution in [1.82, 2.24) is 5.32 Å². The fourth-order valence-corrected chi connectivity index (χ4v) is 2.43. The lowest BCUT2D eigenvalue weighted by Gasteiger charge is -2.04. The Labute approximate surface area is 99.8 Å². The Balaban J connectivity index is 1.98. The molecule has 1 N–H and O–H groups in total. The molecule has 0 spiro atoms. The summed E-state index contributed by atoms with van der Waals surface area (Å²) in [6.45, 7) is 1.17. The first-order valence-electron chi connectivity index (χ1n) is 4.49. The molecule has 0 radical (unpaired) electrons. The van der Waals surface area contributed by atoms with Gasteiger partial charge < -0.3 is 10.1 Å². The summed E-state index contributed by atoms with van der Waals surface area (Å²) in [6.07, 6.45) is -2.38. The summed E-state index contributed by atoms with van der Waals surface area (Å²) < 4.78 is 29.1. The predicted molar refractivity (Wildman–Crippen MR) is 60.5 cm³/mol. The van der Waals surface area contributed by atoms with Gasteiger partial charge in [0.15, 0.2) is 0 Å². The maximum absolute atomic E-state index is 11.7. The van der Waals surface area contributed by atoms with E-state index in [1.807, 2.05) is 12.1 Å². The Morgan fingerprint density at radius 1 is 1.47 bits per heavy atom. The van der Waals surface area contributed by atoms with Crippen LogP contribution < -0.4 is 5.32 Å². The van der Waals surface area contributed by atoms with Crippen molar-refractivity contribution in [3.05, 3.63) is 20.8 Å². The quantitative estimate of drug-likeness (QED) is 0.782. The third-order valence-corrected chi connectivity index (χ3v) is 3.22. The Hall–Kier alpha value is -0.0400. The molecule has 0 saturated carbocycles. The van der Waals surface area contributed by atoms with Gasteiger partial charge in [-0.25, -0.2) is 8.78 Å². The molecule has 1 rings (SSSR count). The zero-order chi connectivity index (χ0) is 11.1. The molecule has 0 fully saturated rings. The van der Waals surface area contributed by atoms with Crippen LogP contribution in [-0.4, -0.2) is 26.2 Å². The molecule has 1 aromatic rings. The number of rotatable bonds is 7. The summed E-state index contributed by atoms with van der Waals surface area (Å²) >= 11 is 5.01. The first kappa shape index (κ1) is 13.0. The number of alkyl halides is 2. The van der Waals surface area contributed by atoms with Crippen LogP contribution in [0.2, 0.25) is 0 Å². The number of hydrogen-bond acceptors (Lipinski definition) is 3. The highest BCUT2D eigenvalue weighted by molar-refractivity contribution is 9.11. The van der Waals surface area contributed by atoms with Gasteiger partial charge in [-0.2, -0.15) is 0 Å². The molecule has 1 aromatic heterocycles. The molecule has 6 heteroatoms. The summed E-state index contributed by atoms with van der Waals surface area (Å²) in [4.78, 5) is 1.20. The summed E-state index contributed by atoms with van der Waals surface area (Å²) in [5.74, 6) is 0. The van der Waals surface area contributed by atoms with Crippen molar-refractivity contribution in [3.63, 3.8) is 0 Å². The van der Waals surface area contributed by atoms with E-state index < -0.39 is 13.0 Å². The minimum absolute atomic E-state index is 0.316. The predicted octanol–water partition coefficient (Wildman–Crippen LogP) is 2.88. The number of ether oxygens (including phenoxy) is 1. The highest BCUT2D eigenvalue weighted by Gasteiger charge is 2.01. The first-order valence-corrected chi connectivity index (χ1v) is 6.10. The van der Waals surface area contributed by atoms with Crippen LogP contribution in [0.5, 0.6) is 0 Å². The topological polar surface area (TPSA) is 21.3 Å². The highest BCUT2D eigenvalue weighted by atomic mass is 79.9. The molecule has 0 aliphatic rings. The molecular weight excluding hydrogens is 288 g/mol. The van der Waals surface area contributed by atoms with Crippen LogP contribution in [0.15, 0.2) is 15.9 Å². The Morgan fingerprint density at radius 3 is 2.87 bits per heavy atom. The summed E-state index contributed by atoms with van der Waals surface area (Å²) in [5, 5.41) is 3.11. The van der Waals surface area contributed by atoms with Crippen molar-refractivity contribution in [1.29, 1.82) is 0 Å². The molecule has 15 heavy (non-hydrogen) atoms. The van der Waals surface area contributed by atoms with Gasteiger partial charge in [0.25, 0.3) is 6.43 Å². The maximum Gasteiger partial charge on any atom is 0.261 e. The summed E-state index contributed by atoms with van der Waals surface area (Å²) in [6, 6.07) is 4.00. The van der Waals surface area contributed by atoms with Gasteiger partial charge in [-0.3, -0.25) is 0 Å². The van der Waals surface area contributed by atoms with Crippen molar-refractivity contribution in [2.45, 2.75) is 13.0 Å². The van der Waals surface area contributed by atoms with Gasteiger partial charge in [-0.1, -0.05) is 0 Å². The van der Waals surface area contributed by atoms with Crippen LogP contribution in [0.25, 0.3) is 0 Å². The lowest BCUT2D eigenvalue weighted by Crippen LogP contribution is -2.20. The molecule has 0 amide bonds. The van der Waals surface area contributed by atoms with E-state index in [9.17, 15) is 8.78 Å². The van der Waals surface area contributed by atoms with Gasteiger partial charge in [-0.15, -0.1) is 11.3 Å². The smallest absolute Gasteiger partial charge is 0.261 e. The monoisotopic (exact) mass is 299 g/mol. The van der Waals surface area contributed by atoms with Crippen LogP contribution in [0.3, 0.4) is 0 Å². The number of thiophene rings is 1. The van der Waals surface area contributed by atoms with E-state index in [0.29, 0.717) is 13.2 Å². The second-order valence-electron chi connectivity index (χ2n) is 2.85. The third kappa shape index (κ3) is 6.19. The van der Waals surface area contributed by atoms with E-state index in [0.717, 1.165) is 10.3 Å². The Morgan fingerprint density at radius 2 is 2.27 bits per heavy atom. The molecule has 0 saturated heterocycles. The van der Waals surface area contributed by atoms with Gasteiger partial charge in [0.2, 0.25) is 0 Å².